The molecule has 0 saturated heterocycles. The Bertz CT molecular complexity index is 2730. The first kappa shape index (κ1) is 23.4. The van der Waals surface area contributed by atoms with E-state index in [0.29, 0.717) is 5.95 Å². The Kier molecular flexibility index (Phi) is 4.72. The molecule has 0 atom stereocenters. The molecule has 0 fully saturated rings. The standard InChI is InChI=1S/C37H20N4S2/c1-4-12-28-23(9-1)27-19-26-21(15-16-32-33(26)24-10-2-5-13-30(24)42-32)18-29(27)41(28)37-39-34(22-8-7-17-38-20-22)36-35(40-37)25-11-3-6-14-31(25)43-36/h1-20H. The molecule has 0 aliphatic heterocycles. The van der Waals surface area contributed by atoms with Gasteiger partial charge in [0.1, 0.15) is 0 Å². The van der Waals surface area contributed by atoms with Crippen molar-refractivity contribution in [2.45, 2.75) is 0 Å². The molecule has 0 N–H and O–H groups in total. The number of nitrogens with zero attached hydrogens (tertiary/aromatic N) is 4. The highest BCUT2D eigenvalue weighted by Gasteiger charge is 2.21. The molecule has 0 spiro atoms. The zero-order valence-electron chi connectivity index (χ0n) is 22.7. The normalized spacial score (nSPS) is 12.2. The molecule has 0 aliphatic rings. The second-order valence-electron chi connectivity index (χ2n) is 10.9. The minimum absolute atomic E-state index is 0.669. The van der Waals surface area contributed by atoms with Gasteiger partial charge in [-0.25, -0.2) is 9.97 Å². The van der Waals surface area contributed by atoms with Crippen LogP contribution in [0.1, 0.15) is 0 Å². The highest BCUT2D eigenvalue weighted by atomic mass is 32.1. The van der Waals surface area contributed by atoms with Gasteiger partial charge in [0.2, 0.25) is 5.95 Å². The van der Waals surface area contributed by atoms with E-state index in [1.54, 1.807) is 17.5 Å². The summed E-state index contributed by atoms with van der Waals surface area (Å²) in [5.41, 5.74) is 5.06. The number of hydrogen-bond donors (Lipinski definition) is 0. The third kappa shape index (κ3) is 3.27. The van der Waals surface area contributed by atoms with Crippen LogP contribution in [-0.4, -0.2) is 19.5 Å². The molecule has 0 amide bonds. The largest absolute Gasteiger partial charge is 0.278 e. The van der Waals surface area contributed by atoms with Gasteiger partial charge in [0, 0.05) is 59.0 Å². The van der Waals surface area contributed by atoms with E-state index in [-0.39, 0.29) is 0 Å². The van der Waals surface area contributed by atoms with Crippen molar-refractivity contribution in [3.8, 4) is 17.2 Å². The quantitative estimate of drug-likeness (QED) is 0.203. The lowest BCUT2D eigenvalue weighted by Crippen LogP contribution is -2.02. The third-order valence-electron chi connectivity index (χ3n) is 8.49. The van der Waals surface area contributed by atoms with Crippen molar-refractivity contribution in [2.75, 3.05) is 0 Å². The number of thiophene rings is 2. The van der Waals surface area contributed by atoms with Gasteiger partial charge in [0.25, 0.3) is 0 Å². The van der Waals surface area contributed by atoms with E-state index < -0.39 is 0 Å². The van der Waals surface area contributed by atoms with Gasteiger partial charge in [0.05, 0.1) is 26.9 Å². The van der Waals surface area contributed by atoms with E-state index in [4.69, 9.17) is 9.97 Å². The van der Waals surface area contributed by atoms with Crippen LogP contribution in [0.25, 0.3) is 90.3 Å². The molecule has 6 heteroatoms. The minimum atomic E-state index is 0.669. The fourth-order valence-corrected chi connectivity index (χ4v) is 8.88. The van der Waals surface area contributed by atoms with Gasteiger partial charge >= 0.3 is 0 Å². The summed E-state index contributed by atoms with van der Waals surface area (Å²) in [6.07, 6.45) is 3.70. The molecule has 200 valence electrons. The molecule has 0 saturated carbocycles. The van der Waals surface area contributed by atoms with Crippen molar-refractivity contribution >= 4 is 95.7 Å². The first-order valence-corrected chi connectivity index (χ1v) is 15.8. The molecule has 43 heavy (non-hydrogen) atoms. The zero-order chi connectivity index (χ0) is 28.1. The van der Waals surface area contributed by atoms with Crippen molar-refractivity contribution in [1.82, 2.24) is 19.5 Å². The summed E-state index contributed by atoms with van der Waals surface area (Å²) in [6.45, 7) is 0. The number of rotatable bonds is 2. The molecule has 0 aliphatic carbocycles. The summed E-state index contributed by atoms with van der Waals surface area (Å²) >= 11 is 3.60. The summed E-state index contributed by atoms with van der Waals surface area (Å²) in [5.74, 6) is 0.669. The zero-order valence-corrected chi connectivity index (χ0v) is 24.3. The Labute approximate surface area is 253 Å². The van der Waals surface area contributed by atoms with Crippen LogP contribution in [0.15, 0.2) is 122 Å². The van der Waals surface area contributed by atoms with Crippen molar-refractivity contribution in [2.24, 2.45) is 0 Å². The molecule has 10 aromatic rings. The van der Waals surface area contributed by atoms with Crippen LogP contribution in [0.3, 0.4) is 0 Å². The Morgan fingerprint density at radius 2 is 1.35 bits per heavy atom. The van der Waals surface area contributed by atoms with Crippen LogP contribution in [0.5, 0.6) is 0 Å². The Morgan fingerprint density at radius 3 is 2.21 bits per heavy atom. The smallest absolute Gasteiger partial charge is 0.235 e. The van der Waals surface area contributed by atoms with Crippen molar-refractivity contribution in [1.29, 1.82) is 0 Å². The van der Waals surface area contributed by atoms with E-state index in [1.807, 2.05) is 23.6 Å². The summed E-state index contributed by atoms with van der Waals surface area (Å²) in [6, 6.07) is 39.1. The summed E-state index contributed by atoms with van der Waals surface area (Å²) in [7, 11) is 0. The lowest BCUT2D eigenvalue weighted by Gasteiger charge is -2.10. The van der Waals surface area contributed by atoms with Crippen LogP contribution < -0.4 is 0 Å². The minimum Gasteiger partial charge on any atom is -0.278 e. The summed E-state index contributed by atoms with van der Waals surface area (Å²) in [4.78, 5) is 15.0. The van der Waals surface area contributed by atoms with Gasteiger partial charge < -0.3 is 0 Å². The van der Waals surface area contributed by atoms with Gasteiger partial charge in [-0.15, -0.1) is 22.7 Å². The van der Waals surface area contributed by atoms with E-state index in [0.717, 1.165) is 37.9 Å². The molecule has 5 aromatic heterocycles. The number of benzene rings is 5. The lowest BCUT2D eigenvalue weighted by molar-refractivity contribution is 1.02. The van der Waals surface area contributed by atoms with Crippen LogP contribution in [0.4, 0.5) is 0 Å². The lowest BCUT2D eigenvalue weighted by atomic mass is 10.0. The van der Waals surface area contributed by atoms with Gasteiger partial charge in [-0.1, -0.05) is 60.7 Å². The van der Waals surface area contributed by atoms with Crippen molar-refractivity contribution in [3.63, 3.8) is 0 Å². The van der Waals surface area contributed by atoms with Crippen LogP contribution >= 0.6 is 22.7 Å². The Morgan fingerprint density at radius 1 is 0.558 bits per heavy atom. The molecule has 0 bridgehead atoms. The van der Waals surface area contributed by atoms with Crippen molar-refractivity contribution < 1.29 is 0 Å². The van der Waals surface area contributed by atoms with E-state index in [1.165, 1.54) is 46.4 Å². The number of fused-ring (bicyclic) bond motifs is 11. The predicted octanol–water partition coefficient (Wildman–Crippen LogP) is 10.5. The number of hydrogen-bond acceptors (Lipinski definition) is 5. The number of pyridine rings is 1. The second-order valence-corrected chi connectivity index (χ2v) is 13.0. The van der Waals surface area contributed by atoms with Crippen LogP contribution in [0, 0.1) is 0 Å². The topological polar surface area (TPSA) is 43.6 Å². The molecular weight excluding hydrogens is 565 g/mol. The van der Waals surface area contributed by atoms with Crippen LogP contribution in [0.2, 0.25) is 0 Å². The second kappa shape index (κ2) is 8.67. The predicted molar refractivity (Wildman–Crippen MR) is 183 cm³/mol. The Balaban J connectivity index is 1.35. The van der Waals surface area contributed by atoms with Gasteiger partial charge in [-0.05, 0) is 59.3 Å². The molecule has 0 unspecified atom stereocenters. The van der Waals surface area contributed by atoms with Gasteiger partial charge in [0.15, 0.2) is 0 Å². The van der Waals surface area contributed by atoms with E-state index in [9.17, 15) is 0 Å². The first-order chi connectivity index (χ1) is 21.3. The van der Waals surface area contributed by atoms with E-state index in [2.05, 4.69) is 113 Å². The van der Waals surface area contributed by atoms with Gasteiger partial charge in [-0.2, -0.15) is 0 Å². The average Bonchev–Trinajstić information content (AvgIpc) is 3.73. The summed E-state index contributed by atoms with van der Waals surface area (Å²) < 4.78 is 7.16. The number of para-hydroxylation sites is 1. The summed E-state index contributed by atoms with van der Waals surface area (Å²) in [5, 5.41) is 8.68. The molecular formula is C37H20N4S2. The highest BCUT2D eigenvalue weighted by Crippen LogP contribution is 2.43. The molecule has 5 heterocycles. The Hall–Kier alpha value is -5.17. The fraction of sp³-hybridized carbons (Fsp3) is 0. The average molecular weight is 585 g/mol. The maximum absolute atomic E-state index is 5.30. The van der Waals surface area contributed by atoms with Gasteiger partial charge in [-0.3, -0.25) is 9.55 Å². The first-order valence-electron chi connectivity index (χ1n) is 14.2. The van der Waals surface area contributed by atoms with Crippen molar-refractivity contribution in [3.05, 3.63) is 122 Å². The molecule has 4 nitrogen and oxygen atoms in total. The highest BCUT2D eigenvalue weighted by molar-refractivity contribution is 7.26. The third-order valence-corrected chi connectivity index (χ3v) is 10.8. The monoisotopic (exact) mass is 584 g/mol. The molecule has 10 rings (SSSR count). The maximum Gasteiger partial charge on any atom is 0.235 e. The fourth-order valence-electron chi connectivity index (χ4n) is 6.60. The SMILES string of the molecule is c1cncc(-c2nc(-n3c4ccccc4c4cc5c(ccc6sc7ccccc7c65)cc43)nc3c2sc2ccccc23)c1. The van der Waals surface area contributed by atoms with E-state index >= 15 is 0 Å². The number of aromatic nitrogens is 4. The molecule has 0 radical (unpaired) electrons. The molecule has 5 aromatic carbocycles. The van der Waals surface area contributed by atoms with Crippen LogP contribution in [-0.2, 0) is 0 Å². The maximum atomic E-state index is 5.30.